The molecule has 6 rings (SSSR count). The number of carbonyl (C=O) groups is 1. The third kappa shape index (κ3) is 3.65. The lowest BCUT2D eigenvalue weighted by atomic mass is 10.1. The van der Waals surface area contributed by atoms with E-state index in [4.69, 9.17) is 9.97 Å². The van der Waals surface area contributed by atoms with E-state index in [1.807, 2.05) is 67.8 Å². The topological polar surface area (TPSA) is 111 Å². The van der Waals surface area contributed by atoms with E-state index in [-0.39, 0.29) is 11.9 Å². The maximum absolute atomic E-state index is 12.4. The van der Waals surface area contributed by atoms with Crippen LogP contribution in [0.4, 0.5) is 11.5 Å². The zero-order valence-electron chi connectivity index (χ0n) is 18.5. The van der Waals surface area contributed by atoms with Gasteiger partial charge in [0.1, 0.15) is 5.69 Å². The zero-order chi connectivity index (χ0) is 23.2. The van der Waals surface area contributed by atoms with Gasteiger partial charge in [0.2, 0.25) is 0 Å². The second kappa shape index (κ2) is 7.96. The summed E-state index contributed by atoms with van der Waals surface area (Å²) in [4.78, 5) is 25.3. The lowest BCUT2D eigenvalue weighted by Crippen LogP contribution is -2.30. The van der Waals surface area contributed by atoms with E-state index in [1.54, 1.807) is 17.5 Å². The normalized spacial score (nSPS) is 11.6. The van der Waals surface area contributed by atoms with E-state index in [0.717, 1.165) is 49.1 Å². The number of benzene rings is 2. The molecule has 4 heterocycles. The van der Waals surface area contributed by atoms with Gasteiger partial charge in [0, 0.05) is 33.6 Å². The molecule has 0 aliphatic rings. The zero-order valence-corrected chi connectivity index (χ0v) is 19.3. The summed E-state index contributed by atoms with van der Waals surface area (Å²) in [5.74, 6) is 1.25. The molecule has 0 saturated heterocycles. The molecule has 0 spiro atoms. The molecule has 6 aromatic rings. The van der Waals surface area contributed by atoms with Gasteiger partial charge < -0.3 is 15.6 Å². The summed E-state index contributed by atoms with van der Waals surface area (Å²) in [6.45, 7) is 3.88. The van der Waals surface area contributed by atoms with E-state index in [1.165, 1.54) is 0 Å². The van der Waals surface area contributed by atoms with Crippen molar-refractivity contribution in [2.75, 3.05) is 5.32 Å². The molecule has 0 atom stereocenters. The summed E-state index contributed by atoms with van der Waals surface area (Å²) in [6.07, 6.45) is 1.80. The molecule has 168 valence electrons. The van der Waals surface area contributed by atoms with Crippen LogP contribution in [0.5, 0.6) is 0 Å². The second-order valence-electron chi connectivity index (χ2n) is 8.44. The number of amides is 1. The first-order chi connectivity index (χ1) is 16.5. The molecule has 4 aromatic heterocycles. The Labute approximate surface area is 198 Å². The Balaban J connectivity index is 1.39. The van der Waals surface area contributed by atoms with E-state index in [2.05, 4.69) is 25.8 Å². The Bertz CT molecular complexity index is 1680. The number of hydrogen-bond acceptors (Lipinski definition) is 6. The largest absolute Gasteiger partial charge is 0.351 e. The number of hydrogen-bond donors (Lipinski definition) is 4. The van der Waals surface area contributed by atoms with Crippen LogP contribution < -0.4 is 10.6 Å². The number of anilines is 2. The number of aromatic nitrogens is 5. The molecule has 0 saturated carbocycles. The fraction of sp³-hybridized carbons (Fsp3) is 0.120. The van der Waals surface area contributed by atoms with Gasteiger partial charge in [-0.25, -0.2) is 9.97 Å². The van der Waals surface area contributed by atoms with Crippen molar-refractivity contribution in [3.63, 3.8) is 0 Å². The molecule has 0 aliphatic carbocycles. The summed E-state index contributed by atoms with van der Waals surface area (Å²) >= 11 is 1.60. The molecule has 0 fully saturated rings. The first-order valence-electron chi connectivity index (χ1n) is 10.9. The van der Waals surface area contributed by atoms with Crippen molar-refractivity contribution < 1.29 is 4.79 Å². The van der Waals surface area contributed by atoms with Crippen molar-refractivity contribution in [3.8, 4) is 11.4 Å². The lowest BCUT2D eigenvalue weighted by molar-refractivity contribution is 0.0939. The molecule has 0 radical (unpaired) electrons. The predicted molar refractivity (Wildman–Crippen MR) is 137 cm³/mol. The summed E-state index contributed by atoms with van der Waals surface area (Å²) in [5, 5.41) is 17.4. The summed E-state index contributed by atoms with van der Waals surface area (Å²) in [6, 6.07) is 15.9. The fourth-order valence-corrected chi connectivity index (χ4v) is 4.74. The van der Waals surface area contributed by atoms with Crippen molar-refractivity contribution in [1.29, 1.82) is 0 Å². The minimum Gasteiger partial charge on any atom is -0.351 e. The minimum absolute atomic E-state index is 0.0698. The highest BCUT2D eigenvalue weighted by Gasteiger charge is 2.14. The molecular weight excluding hydrogens is 446 g/mol. The molecular formula is C25H21N7OS. The average Bonchev–Trinajstić information content (AvgIpc) is 3.56. The van der Waals surface area contributed by atoms with Gasteiger partial charge >= 0.3 is 0 Å². The monoisotopic (exact) mass is 467 g/mol. The third-order valence-corrected chi connectivity index (χ3v) is 6.46. The predicted octanol–water partition coefficient (Wildman–Crippen LogP) is 5.60. The highest BCUT2D eigenvalue weighted by atomic mass is 32.1. The van der Waals surface area contributed by atoms with Crippen LogP contribution in [0, 0.1) is 0 Å². The number of carbonyl (C=O) groups excluding carboxylic acids is 1. The highest BCUT2D eigenvalue weighted by Crippen LogP contribution is 2.32. The molecule has 9 heteroatoms. The van der Waals surface area contributed by atoms with E-state index >= 15 is 0 Å². The molecule has 0 aliphatic heterocycles. The SMILES string of the molecule is CC(C)NC(=O)c1cc2cc(-c3nc(Nc4ccc5[nH]ncc5c4)c4sccc4n3)ccc2[nH]1. The van der Waals surface area contributed by atoms with Crippen molar-refractivity contribution >= 4 is 60.8 Å². The molecule has 2 aromatic carbocycles. The first-order valence-corrected chi connectivity index (χ1v) is 11.8. The number of rotatable bonds is 5. The van der Waals surface area contributed by atoms with Crippen molar-refractivity contribution in [2.24, 2.45) is 0 Å². The summed E-state index contributed by atoms with van der Waals surface area (Å²) in [7, 11) is 0. The van der Waals surface area contributed by atoms with Crippen LogP contribution in [0.2, 0.25) is 0 Å². The van der Waals surface area contributed by atoms with Gasteiger partial charge in [0.05, 0.1) is 21.9 Å². The Morgan fingerprint density at radius 1 is 1.00 bits per heavy atom. The molecule has 34 heavy (non-hydrogen) atoms. The first kappa shape index (κ1) is 20.4. The molecule has 0 bridgehead atoms. The van der Waals surface area contributed by atoms with Crippen LogP contribution in [0.25, 0.3) is 43.4 Å². The number of nitrogens with zero attached hydrogens (tertiary/aromatic N) is 3. The van der Waals surface area contributed by atoms with Gasteiger partial charge in [-0.2, -0.15) is 5.10 Å². The standard InChI is InChI=1S/C25H21N7OS/c1-13(2)27-25(33)21-11-15-9-14(3-5-18(15)29-21)23-30-20-7-8-34-22(20)24(31-23)28-17-4-6-19-16(10-17)12-26-32-19/h3-13,29H,1-2H3,(H,26,32)(H,27,33)(H,28,30,31). The van der Waals surface area contributed by atoms with Crippen molar-refractivity contribution in [1.82, 2.24) is 30.5 Å². The van der Waals surface area contributed by atoms with E-state index in [9.17, 15) is 4.79 Å². The lowest BCUT2D eigenvalue weighted by Gasteiger charge is -2.09. The smallest absolute Gasteiger partial charge is 0.267 e. The van der Waals surface area contributed by atoms with Crippen LogP contribution in [-0.4, -0.2) is 37.1 Å². The van der Waals surface area contributed by atoms with Gasteiger partial charge in [0.15, 0.2) is 11.6 Å². The van der Waals surface area contributed by atoms with Crippen LogP contribution in [0.15, 0.2) is 60.1 Å². The number of fused-ring (bicyclic) bond motifs is 3. The quantitative estimate of drug-likeness (QED) is 0.264. The highest BCUT2D eigenvalue weighted by molar-refractivity contribution is 7.17. The molecule has 8 nitrogen and oxygen atoms in total. The van der Waals surface area contributed by atoms with Crippen LogP contribution in [0.3, 0.4) is 0 Å². The molecule has 0 unspecified atom stereocenters. The Kier molecular flexibility index (Phi) is 4.77. The van der Waals surface area contributed by atoms with Gasteiger partial charge in [0.25, 0.3) is 5.91 Å². The number of thiophene rings is 1. The van der Waals surface area contributed by atoms with Crippen LogP contribution >= 0.6 is 11.3 Å². The number of aromatic amines is 2. The minimum atomic E-state index is -0.121. The summed E-state index contributed by atoms with van der Waals surface area (Å²) < 4.78 is 0.992. The van der Waals surface area contributed by atoms with Crippen molar-refractivity contribution in [3.05, 3.63) is 65.8 Å². The van der Waals surface area contributed by atoms with Crippen LogP contribution in [-0.2, 0) is 0 Å². The second-order valence-corrected chi connectivity index (χ2v) is 9.36. The van der Waals surface area contributed by atoms with E-state index in [0.29, 0.717) is 11.5 Å². The maximum atomic E-state index is 12.4. The Morgan fingerprint density at radius 3 is 2.76 bits per heavy atom. The fourth-order valence-electron chi connectivity index (χ4n) is 3.97. The third-order valence-electron chi connectivity index (χ3n) is 5.55. The maximum Gasteiger partial charge on any atom is 0.267 e. The number of nitrogens with one attached hydrogen (secondary N) is 4. The number of H-pyrrole nitrogens is 2. The average molecular weight is 468 g/mol. The molecule has 1 amide bonds. The Hall–Kier alpha value is -4.24. The van der Waals surface area contributed by atoms with Gasteiger partial charge in [-0.05, 0) is 67.8 Å². The van der Waals surface area contributed by atoms with E-state index < -0.39 is 0 Å². The Morgan fingerprint density at radius 2 is 1.88 bits per heavy atom. The summed E-state index contributed by atoms with van der Waals surface area (Å²) in [5.41, 5.74) is 5.09. The van der Waals surface area contributed by atoms with Gasteiger partial charge in [-0.3, -0.25) is 9.89 Å². The van der Waals surface area contributed by atoms with Crippen molar-refractivity contribution in [2.45, 2.75) is 19.9 Å². The van der Waals surface area contributed by atoms with Gasteiger partial charge in [-0.15, -0.1) is 11.3 Å². The van der Waals surface area contributed by atoms with Gasteiger partial charge in [-0.1, -0.05) is 0 Å². The molecule has 4 N–H and O–H groups in total. The van der Waals surface area contributed by atoms with Crippen LogP contribution in [0.1, 0.15) is 24.3 Å².